The third-order valence-electron chi connectivity index (χ3n) is 2.13. The molecule has 92 valence electrons. The number of rotatable bonds is 3. The van der Waals surface area contributed by atoms with Gasteiger partial charge >= 0.3 is 0 Å². The van der Waals surface area contributed by atoms with E-state index in [1.165, 1.54) is 18.5 Å². The van der Waals surface area contributed by atoms with Crippen LogP contribution in [0.5, 0.6) is 5.75 Å². The minimum absolute atomic E-state index is 0.0956. The monoisotopic (exact) mass is 308 g/mol. The standard InChI is InChI=1S/C11H9BrN4O2/c12-8-6-14-15-10(8)11(18)16-13-5-7-3-1-2-4-9(7)17/h1-6,17H,(H,14,15)(H,16,18)/b13-5+. The molecular formula is C11H9BrN4O2. The van der Waals surface area contributed by atoms with E-state index in [0.29, 0.717) is 10.0 Å². The maximum absolute atomic E-state index is 11.6. The second-order valence-electron chi connectivity index (χ2n) is 3.35. The van der Waals surface area contributed by atoms with E-state index in [-0.39, 0.29) is 11.4 Å². The molecule has 0 unspecified atom stereocenters. The van der Waals surface area contributed by atoms with Gasteiger partial charge in [0.1, 0.15) is 11.4 Å². The zero-order valence-corrected chi connectivity index (χ0v) is 10.7. The lowest BCUT2D eigenvalue weighted by molar-refractivity contribution is 0.0949. The van der Waals surface area contributed by atoms with Gasteiger partial charge in [-0.05, 0) is 28.1 Å². The molecule has 3 N–H and O–H groups in total. The second-order valence-corrected chi connectivity index (χ2v) is 4.21. The van der Waals surface area contributed by atoms with Crippen molar-refractivity contribution in [2.24, 2.45) is 5.10 Å². The second kappa shape index (κ2) is 5.46. The summed E-state index contributed by atoms with van der Waals surface area (Å²) in [4.78, 5) is 11.6. The van der Waals surface area contributed by atoms with Crippen LogP contribution in [0.1, 0.15) is 16.1 Å². The lowest BCUT2D eigenvalue weighted by atomic mass is 10.2. The number of nitrogens with zero attached hydrogens (tertiary/aromatic N) is 2. The minimum Gasteiger partial charge on any atom is -0.507 e. The summed E-state index contributed by atoms with van der Waals surface area (Å²) in [6, 6.07) is 6.67. The van der Waals surface area contributed by atoms with Gasteiger partial charge in [-0.15, -0.1) is 0 Å². The summed E-state index contributed by atoms with van der Waals surface area (Å²) in [5.41, 5.74) is 3.12. The van der Waals surface area contributed by atoms with Crippen LogP contribution in [0.4, 0.5) is 0 Å². The third-order valence-corrected chi connectivity index (χ3v) is 2.73. The highest BCUT2D eigenvalue weighted by atomic mass is 79.9. The third kappa shape index (κ3) is 2.75. The first-order chi connectivity index (χ1) is 8.68. The quantitative estimate of drug-likeness (QED) is 0.595. The van der Waals surface area contributed by atoms with Crippen LogP contribution in [0.2, 0.25) is 0 Å². The molecule has 2 rings (SSSR count). The fraction of sp³-hybridized carbons (Fsp3) is 0. The molecule has 0 atom stereocenters. The maximum atomic E-state index is 11.6. The molecule has 0 radical (unpaired) electrons. The van der Waals surface area contributed by atoms with Crippen molar-refractivity contribution >= 4 is 28.1 Å². The van der Waals surface area contributed by atoms with E-state index in [1.807, 2.05) is 0 Å². The molecule has 0 bridgehead atoms. The fourth-order valence-electron chi connectivity index (χ4n) is 1.24. The maximum Gasteiger partial charge on any atom is 0.290 e. The average molecular weight is 309 g/mol. The van der Waals surface area contributed by atoms with Crippen LogP contribution in [-0.4, -0.2) is 27.4 Å². The Morgan fingerprint density at radius 1 is 1.50 bits per heavy atom. The van der Waals surface area contributed by atoms with E-state index >= 15 is 0 Å². The molecule has 1 aromatic heterocycles. The van der Waals surface area contributed by atoms with E-state index in [2.05, 4.69) is 36.7 Å². The van der Waals surface area contributed by atoms with Crippen LogP contribution < -0.4 is 5.43 Å². The number of aromatic nitrogens is 2. The van der Waals surface area contributed by atoms with Crippen LogP contribution in [0.3, 0.4) is 0 Å². The van der Waals surface area contributed by atoms with Crippen molar-refractivity contribution in [2.45, 2.75) is 0 Å². The average Bonchev–Trinajstić information content (AvgIpc) is 2.78. The number of phenolic OH excluding ortho intramolecular Hbond substituents is 1. The number of carbonyl (C=O) groups is 1. The Bertz CT molecular complexity index is 594. The van der Waals surface area contributed by atoms with E-state index in [4.69, 9.17) is 0 Å². The van der Waals surface area contributed by atoms with E-state index in [9.17, 15) is 9.90 Å². The molecule has 0 saturated heterocycles. The van der Waals surface area contributed by atoms with Crippen molar-refractivity contribution in [3.8, 4) is 5.75 Å². The summed E-state index contributed by atoms with van der Waals surface area (Å²) in [6.07, 6.45) is 2.83. The predicted molar refractivity (Wildman–Crippen MR) is 69.5 cm³/mol. The van der Waals surface area contributed by atoms with Gasteiger partial charge in [0.05, 0.1) is 16.9 Å². The Morgan fingerprint density at radius 3 is 2.94 bits per heavy atom. The molecule has 1 aromatic carbocycles. The van der Waals surface area contributed by atoms with Gasteiger partial charge in [0, 0.05) is 5.56 Å². The summed E-state index contributed by atoms with van der Waals surface area (Å²) in [5.74, 6) is -0.329. The highest BCUT2D eigenvalue weighted by Gasteiger charge is 2.10. The number of carbonyl (C=O) groups excluding carboxylic acids is 1. The summed E-state index contributed by atoms with van der Waals surface area (Å²) >= 11 is 3.17. The Morgan fingerprint density at radius 2 is 2.28 bits per heavy atom. The lowest BCUT2D eigenvalue weighted by Crippen LogP contribution is -2.18. The molecule has 6 nitrogen and oxygen atoms in total. The molecular weight excluding hydrogens is 300 g/mol. The number of aromatic hydroxyl groups is 1. The fourth-order valence-corrected chi connectivity index (χ4v) is 1.61. The number of aromatic amines is 1. The van der Waals surface area contributed by atoms with Crippen LogP contribution in [-0.2, 0) is 0 Å². The van der Waals surface area contributed by atoms with Gasteiger partial charge in [-0.2, -0.15) is 10.2 Å². The minimum atomic E-state index is -0.425. The van der Waals surface area contributed by atoms with Crippen molar-refractivity contribution in [3.05, 3.63) is 46.2 Å². The first-order valence-corrected chi connectivity index (χ1v) is 5.78. The number of para-hydroxylation sites is 1. The zero-order valence-electron chi connectivity index (χ0n) is 9.09. The van der Waals surface area contributed by atoms with Gasteiger partial charge in [0.25, 0.3) is 5.91 Å². The van der Waals surface area contributed by atoms with Gasteiger partial charge < -0.3 is 5.11 Å². The topological polar surface area (TPSA) is 90.4 Å². The number of hydrogen-bond donors (Lipinski definition) is 3. The molecule has 0 aliphatic rings. The van der Waals surface area contributed by atoms with E-state index in [1.54, 1.807) is 18.2 Å². The van der Waals surface area contributed by atoms with Gasteiger partial charge in [-0.1, -0.05) is 12.1 Å². The predicted octanol–water partition coefficient (Wildman–Crippen LogP) is 1.64. The van der Waals surface area contributed by atoms with Gasteiger partial charge in [-0.3, -0.25) is 9.89 Å². The van der Waals surface area contributed by atoms with Crippen molar-refractivity contribution in [3.63, 3.8) is 0 Å². The Hall–Kier alpha value is -2.15. The molecule has 0 saturated carbocycles. The normalized spacial score (nSPS) is 10.7. The van der Waals surface area contributed by atoms with Crippen LogP contribution in [0, 0.1) is 0 Å². The van der Waals surface area contributed by atoms with Crippen molar-refractivity contribution in [1.82, 2.24) is 15.6 Å². The summed E-state index contributed by atoms with van der Waals surface area (Å²) in [7, 11) is 0. The summed E-state index contributed by atoms with van der Waals surface area (Å²) in [6.45, 7) is 0. The number of hydrogen-bond acceptors (Lipinski definition) is 4. The van der Waals surface area contributed by atoms with Gasteiger partial charge in [0.15, 0.2) is 0 Å². The summed E-state index contributed by atoms with van der Waals surface area (Å²) in [5, 5.41) is 19.5. The van der Waals surface area contributed by atoms with Gasteiger partial charge in [0.2, 0.25) is 0 Å². The molecule has 18 heavy (non-hydrogen) atoms. The summed E-state index contributed by atoms with van der Waals surface area (Å²) < 4.78 is 0.553. The van der Waals surface area contributed by atoms with Crippen LogP contribution >= 0.6 is 15.9 Å². The van der Waals surface area contributed by atoms with E-state index in [0.717, 1.165) is 0 Å². The largest absolute Gasteiger partial charge is 0.507 e. The molecule has 0 aliphatic carbocycles. The lowest BCUT2D eigenvalue weighted by Gasteiger charge is -1.98. The van der Waals surface area contributed by atoms with Crippen molar-refractivity contribution < 1.29 is 9.90 Å². The molecule has 7 heteroatoms. The number of hydrazone groups is 1. The van der Waals surface area contributed by atoms with Crippen molar-refractivity contribution in [2.75, 3.05) is 0 Å². The molecule has 1 amide bonds. The highest BCUT2D eigenvalue weighted by molar-refractivity contribution is 9.10. The first kappa shape index (κ1) is 12.3. The Kier molecular flexibility index (Phi) is 3.73. The number of amides is 1. The molecule has 0 spiro atoms. The molecule has 0 aliphatic heterocycles. The van der Waals surface area contributed by atoms with E-state index < -0.39 is 5.91 Å². The molecule has 1 heterocycles. The number of phenols is 1. The van der Waals surface area contributed by atoms with Crippen molar-refractivity contribution in [1.29, 1.82) is 0 Å². The first-order valence-electron chi connectivity index (χ1n) is 4.99. The molecule has 0 fully saturated rings. The zero-order chi connectivity index (χ0) is 13.0. The highest BCUT2D eigenvalue weighted by Crippen LogP contribution is 2.13. The number of halogens is 1. The number of nitrogens with one attached hydrogen (secondary N) is 2. The smallest absolute Gasteiger partial charge is 0.290 e. The number of benzene rings is 1. The molecule has 2 aromatic rings. The number of H-pyrrole nitrogens is 1. The van der Waals surface area contributed by atoms with Crippen LogP contribution in [0.25, 0.3) is 0 Å². The van der Waals surface area contributed by atoms with Gasteiger partial charge in [-0.25, -0.2) is 5.43 Å². The van der Waals surface area contributed by atoms with Crippen LogP contribution in [0.15, 0.2) is 40.0 Å². The SMILES string of the molecule is O=C(N/N=C/c1ccccc1O)c1[nH]ncc1Br. The Balaban J connectivity index is 2.03. The Labute approximate surface area is 111 Å².